The summed E-state index contributed by atoms with van der Waals surface area (Å²) in [6, 6.07) is 9.97. The lowest BCUT2D eigenvalue weighted by Gasteiger charge is -2.05. The Bertz CT molecular complexity index is 575. The SMILES string of the molecule is C=CCNC(N)=NCc1ccnc2ccccc12.I. The van der Waals surface area contributed by atoms with E-state index in [1.807, 2.05) is 30.3 Å². The van der Waals surface area contributed by atoms with Crippen LogP contribution in [0.15, 0.2) is 54.2 Å². The second-order valence-electron chi connectivity index (χ2n) is 3.86. The van der Waals surface area contributed by atoms with Crippen LogP contribution in [0.5, 0.6) is 0 Å². The first kappa shape index (κ1) is 15.4. The normalized spacial score (nSPS) is 10.8. The van der Waals surface area contributed by atoms with Crippen LogP contribution in [-0.2, 0) is 6.54 Å². The van der Waals surface area contributed by atoms with Gasteiger partial charge in [0.15, 0.2) is 5.96 Å². The molecule has 0 spiro atoms. The fourth-order valence-corrected chi connectivity index (χ4v) is 1.70. The number of aliphatic imine (C=N–C) groups is 1. The number of pyridine rings is 1. The number of aromatic nitrogens is 1. The van der Waals surface area contributed by atoms with Gasteiger partial charge in [0.1, 0.15) is 0 Å². The van der Waals surface area contributed by atoms with Crippen LogP contribution >= 0.6 is 24.0 Å². The summed E-state index contributed by atoms with van der Waals surface area (Å²) in [5.41, 5.74) is 7.82. The van der Waals surface area contributed by atoms with Crippen molar-refractivity contribution in [3.63, 3.8) is 0 Å². The molecule has 1 heterocycles. The molecule has 0 radical (unpaired) electrons. The maximum atomic E-state index is 5.73. The van der Waals surface area contributed by atoms with Gasteiger partial charge in [-0.05, 0) is 17.7 Å². The average molecular weight is 368 g/mol. The van der Waals surface area contributed by atoms with Gasteiger partial charge in [-0.25, -0.2) is 4.99 Å². The summed E-state index contributed by atoms with van der Waals surface area (Å²) in [6.07, 6.45) is 3.53. The first-order valence-corrected chi connectivity index (χ1v) is 5.78. The minimum absolute atomic E-state index is 0. The Kier molecular flexibility index (Phi) is 6.27. The molecule has 0 saturated heterocycles. The van der Waals surface area contributed by atoms with Gasteiger partial charge in [-0.3, -0.25) is 4.98 Å². The third-order valence-electron chi connectivity index (χ3n) is 2.59. The molecule has 0 unspecified atom stereocenters. The molecular formula is C14H17IN4. The third-order valence-corrected chi connectivity index (χ3v) is 2.59. The van der Waals surface area contributed by atoms with Crippen LogP contribution in [0.3, 0.4) is 0 Å². The van der Waals surface area contributed by atoms with Gasteiger partial charge in [0, 0.05) is 18.1 Å². The zero-order chi connectivity index (χ0) is 12.8. The molecule has 4 nitrogen and oxygen atoms in total. The number of guanidine groups is 1. The highest BCUT2D eigenvalue weighted by atomic mass is 127. The standard InChI is InChI=1S/C14H16N4.HI/c1-2-8-17-14(15)18-10-11-7-9-16-13-6-4-3-5-12(11)13;/h2-7,9H,1,8,10H2,(H3,15,17,18);1H. The van der Waals surface area contributed by atoms with E-state index >= 15 is 0 Å². The van der Waals surface area contributed by atoms with E-state index in [0.29, 0.717) is 19.0 Å². The van der Waals surface area contributed by atoms with Crippen molar-refractivity contribution < 1.29 is 0 Å². The van der Waals surface area contributed by atoms with E-state index in [9.17, 15) is 0 Å². The highest BCUT2D eigenvalue weighted by Crippen LogP contribution is 2.16. The molecule has 2 aromatic rings. The predicted octanol–water partition coefficient (Wildman–Crippen LogP) is 2.44. The molecule has 0 aliphatic rings. The lowest BCUT2D eigenvalue weighted by molar-refractivity contribution is 0.973. The molecule has 1 aromatic carbocycles. The molecule has 100 valence electrons. The fraction of sp³-hybridized carbons (Fsp3) is 0.143. The summed E-state index contributed by atoms with van der Waals surface area (Å²) >= 11 is 0. The number of hydrogen-bond acceptors (Lipinski definition) is 2. The van der Waals surface area contributed by atoms with Crippen molar-refractivity contribution in [1.82, 2.24) is 10.3 Å². The van der Waals surface area contributed by atoms with Crippen molar-refractivity contribution in [3.05, 3.63) is 54.7 Å². The van der Waals surface area contributed by atoms with E-state index in [4.69, 9.17) is 5.73 Å². The highest BCUT2D eigenvalue weighted by Gasteiger charge is 2.00. The molecule has 0 atom stereocenters. The van der Waals surface area contributed by atoms with Crippen molar-refractivity contribution in [1.29, 1.82) is 0 Å². The molecule has 19 heavy (non-hydrogen) atoms. The summed E-state index contributed by atoms with van der Waals surface area (Å²) in [7, 11) is 0. The summed E-state index contributed by atoms with van der Waals surface area (Å²) in [5, 5.41) is 4.06. The molecule has 0 saturated carbocycles. The molecule has 0 bridgehead atoms. The second-order valence-corrected chi connectivity index (χ2v) is 3.86. The molecule has 3 N–H and O–H groups in total. The van der Waals surface area contributed by atoms with Crippen LogP contribution < -0.4 is 11.1 Å². The van der Waals surface area contributed by atoms with E-state index < -0.39 is 0 Å². The van der Waals surface area contributed by atoms with Crippen molar-refractivity contribution >= 4 is 40.8 Å². The molecule has 1 aromatic heterocycles. The smallest absolute Gasteiger partial charge is 0.189 e. The Balaban J connectivity index is 0.00000180. The lowest BCUT2D eigenvalue weighted by Crippen LogP contribution is -2.31. The van der Waals surface area contributed by atoms with Crippen molar-refractivity contribution in [2.75, 3.05) is 6.54 Å². The largest absolute Gasteiger partial charge is 0.370 e. The number of fused-ring (bicyclic) bond motifs is 1. The quantitative estimate of drug-likeness (QED) is 0.377. The van der Waals surface area contributed by atoms with Gasteiger partial charge in [-0.1, -0.05) is 24.3 Å². The molecule has 0 amide bonds. The van der Waals surface area contributed by atoms with E-state index in [0.717, 1.165) is 16.5 Å². The molecule has 2 rings (SSSR count). The second kappa shape index (κ2) is 7.73. The van der Waals surface area contributed by atoms with Crippen LogP contribution in [-0.4, -0.2) is 17.5 Å². The lowest BCUT2D eigenvalue weighted by atomic mass is 10.1. The molecular weight excluding hydrogens is 351 g/mol. The van der Waals surface area contributed by atoms with Crippen LogP contribution in [0, 0.1) is 0 Å². The van der Waals surface area contributed by atoms with Crippen molar-refractivity contribution in [3.8, 4) is 0 Å². The number of nitrogens with one attached hydrogen (secondary N) is 1. The molecule has 5 heteroatoms. The monoisotopic (exact) mass is 368 g/mol. The first-order chi connectivity index (χ1) is 8.81. The van der Waals surface area contributed by atoms with E-state index in [2.05, 4.69) is 21.9 Å². The van der Waals surface area contributed by atoms with Crippen LogP contribution in [0.25, 0.3) is 10.9 Å². The van der Waals surface area contributed by atoms with Crippen molar-refractivity contribution in [2.45, 2.75) is 6.54 Å². The molecule has 0 aliphatic carbocycles. The summed E-state index contributed by atoms with van der Waals surface area (Å²) < 4.78 is 0. The van der Waals surface area contributed by atoms with Crippen LogP contribution in [0.2, 0.25) is 0 Å². The Labute approximate surface area is 129 Å². The fourth-order valence-electron chi connectivity index (χ4n) is 1.70. The Morgan fingerprint density at radius 2 is 2.16 bits per heavy atom. The zero-order valence-electron chi connectivity index (χ0n) is 10.5. The number of halogens is 1. The minimum Gasteiger partial charge on any atom is -0.370 e. The number of para-hydroxylation sites is 1. The van der Waals surface area contributed by atoms with Gasteiger partial charge < -0.3 is 11.1 Å². The van der Waals surface area contributed by atoms with Crippen molar-refractivity contribution in [2.24, 2.45) is 10.7 Å². The Hall–Kier alpha value is -1.63. The maximum Gasteiger partial charge on any atom is 0.189 e. The van der Waals surface area contributed by atoms with Crippen LogP contribution in [0.4, 0.5) is 0 Å². The number of nitrogens with zero attached hydrogens (tertiary/aromatic N) is 2. The van der Waals surface area contributed by atoms with Gasteiger partial charge in [-0.2, -0.15) is 0 Å². The van der Waals surface area contributed by atoms with Gasteiger partial charge in [-0.15, -0.1) is 30.6 Å². The third kappa shape index (κ3) is 4.20. The Morgan fingerprint density at radius 3 is 2.95 bits per heavy atom. The summed E-state index contributed by atoms with van der Waals surface area (Å²) in [4.78, 5) is 8.60. The Morgan fingerprint density at radius 1 is 1.37 bits per heavy atom. The van der Waals surface area contributed by atoms with Gasteiger partial charge in [0.2, 0.25) is 0 Å². The van der Waals surface area contributed by atoms with Gasteiger partial charge in [0.05, 0.1) is 12.1 Å². The highest BCUT2D eigenvalue weighted by molar-refractivity contribution is 14.0. The van der Waals surface area contributed by atoms with E-state index in [-0.39, 0.29) is 24.0 Å². The topological polar surface area (TPSA) is 63.3 Å². The average Bonchev–Trinajstić information content (AvgIpc) is 2.42. The van der Waals surface area contributed by atoms with E-state index in [1.54, 1.807) is 12.3 Å². The van der Waals surface area contributed by atoms with Crippen LogP contribution in [0.1, 0.15) is 5.56 Å². The molecule has 0 fully saturated rings. The van der Waals surface area contributed by atoms with Gasteiger partial charge in [0.25, 0.3) is 0 Å². The van der Waals surface area contributed by atoms with E-state index in [1.165, 1.54) is 0 Å². The summed E-state index contributed by atoms with van der Waals surface area (Å²) in [5.74, 6) is 0.427. The number of benzene rings is 1. The number of rotatable bonds is 4. The molecule has 0 aliphatic heterocycles. The number of nitrogens with two attached hydrogens (primary N) is 1. The summed E-state index contributed by atoms with van der Waals surface area (Å²) in [6.45, 7) is 4.77. The zero-order valence-corrected chi connectivity index (χ0v) is 12.9. The maximum absolute atomic E-state index is 5.73. The predicted molar refractivity (Wildman–Crippen MR) is 90.7 cm³/mol. The van der Waals surface area contributed by atoms with Gasteiger partial charge >= 0.3 is 0 Å². The number of hydrogen-bond donors (Lipinski definition) is 2. The first-order valence-electron chi connectivity index (χ1n) is 5.78. The minimum atomic E-state index is 0.